The van der Waals surface area contributed by atoms with Crippen LogP contribution in [0.4, 0.5) is 20.6 Å². The highest BCUT2D eigenvalue weighted by Crippen LogP contribution is 2.20. The molecule has 0 aliphatic carbocycles. The number of benzene rings is 2. The summed E-state index contributed by atoms with van der Waals surface area (Å²) in [5.74, 6) is -1.11. The third kappa shape index (κ3) is 6.68. The highest BCUT2D eigenvalue weighted by Gasteiger charge is 2.21. The quantitative estimate of drug-likeness (QED) is 0.702. The minimum Gasteiger partial charge on any atom is -0.368 e. The topological polar surface area (TPSA) is 85.0 Å². The molecular formula is C24H30FN5O3. The molecule has 0 unspecified atom stereocenters. The smallest absolute Gasteiger partial charge is 0.317 e. The fourth-order valence-corrected chi connectivity index (χ4v) is 3.56. The molecule has 0 saturated carbocycles. The molecule has 9 heteroatoms. The van der Waals surface area contributed by atoms with Crippen LogP contribution >= 0.6 is 0 Å². The van der Waals surface area contributed by atoms with Crippen molar-refractivity contribution in [3.8, 4) is 0 Å². The van der Waals surface area contributed by atoms with Gasteiger partial charge in [0.25, 0.3) is 5.91 Å². The van der Waals surface area contributed by atoms with Gasteiger partial charge in [-0.2, -0.15) is 0 Å². The molecule has 2 aromatic rings. The van der Waals surface area contributed by atoms with Gasteiger partial charge in [0.2, 0.25) is 5.91 Å². The summed E-state index contributed by atoms with van der Waals surface area (Å²) in [5.41, 5.74) is 1.96. The number of carbonyl (C=O) groups excluding carboxylic acids is 3. The fraction of sp³-hybridized carbons (Fsp3) is 0.375. The monoisotopic (exact) mass is 455 g/mol. The Morgan fingerprint density at radius 1 is 0.970 bits per heavy atom. The molecule has 4 amide bonds. The van der Waals surface area contributed by atoms with Crippen molar-refractivity contribution in [2.45, 2.75) is 19.9 Å². The van der Waals surface area contributed by atoms with E-state index in [0.717, 1.165) is 18.8 Å². The van der Waals surface area contributed by atoms with Gasteiger partial charge in [0.1, 0.15) is 5.82 Å². The molecule has 0 spiro atoms. The van der Waals surface area contributed by atoms with E-state index in [9.17, 15) is 18.8 Å². The first-order valence-corrected chi connectivity index (χ1v) is 10.9. The molecule has 3 rings (SSSR count). The van der Waals surface area contributed by atoms with E-state index in [2.05, 4.69) is 15.5 Å². The summed E-state index contributed by atoms with van der Waals surface area (Å²) in [6, 6.07) is 12.7. The van der Waals surface area contributed by atoms with E-state index in [0.29, 0.717) is 24.3 Å². The Kier molecular flexibility index (Phi) is 7.87. The summed E-state index contributed by atoms with van der Waals surface area (Å²) in [6.07, 6.45) is 0. The van der Waals surface area contributed by atoms with Gasteiger partial charge in [0, 0.05) is 56.2 Å². The highest BCUT2D eigenvalue weighted by atomic mass is 19.1. The molecule has 8 nitrogen and oxygen atoms in total. The molecule has 2 aromatic carbocycles. The predicted octanol–water partition coefficient (Wildman–Crippen LogP) is 2.78. The van der Waals surface area contributed by atoms with E-state index < -0.39 is 5.82 Å². The molecule has 1 fully saturated rings. The van der Waals surface area contributed by atoms with Crippen molar-refractivity contribution in [1.82, 2.24) is 15.1 Å². The van der Waals surface area contributed by atoms with E-state index >= 15 is 0 Å². The molecular weight excluding hydrogens is 425 g/mol. The number of nitrogens with one attached hydrogen (secondary N) is 2. The maximum atomic E-state index is 13.0. The lowest BCUT2D eigenvalue weighted by atomic mass is 10.2. The molecule has 0 radical (unpaired) electrons. The van der Waals surface area contributed by atoms with Crippen molar-refractivity contribution in [2.75, 3.05) is 50.0 Å². The second kappa shape index (κ2) is 10.8. The number of likely N-dealkylation sites (N-methyl/N-ethyl adjacent to an activating group) is 1. The first-order valence-electron chi connectivity index (χ1n) is 10.9. The summed E-state index contributed by atoms with van der Waals surface area (Å²) >= 11 is 0. The van der Waals surface area contributed by atoms with Gasteiger partial charge in [0.15, 0.2) is 0 Å². The van der Waals surface area contributed by atoms with Gasteiger partial charge in [-0.05, 0) is 62.4 Å². The van der Waals surface area contributed by atoms with Crippen LogP contribution in [-0.4, -0.2) is 73.5 Å². The number of amides is 4. The van der Waals surface area contributed by atoms with Crippen molar-refractivity contribution in [3.05, 3.63) is 59.9 Å². The molecule has 0 atom stereocenters. The lowest BCUT2D eigenvalue weighted by molar-refractivity contribution is -0.116. The summed E-state index contributed by atoms with van der Waals surface area (Å²) in [4.78, 5) is 42.1. The number of anilines is 2. The summed E-state index contributed by atoms with van der Waals surface area (Å²) < 4.78 is 13.0. The lowest BCUT2D eigenvalue weighted by Crippen LogP contribution is -2.52. The van der Waals surface area contributed by atoms with Crippen LogP contribution in [0.3, 0.4) is 0 Å². The highest BCUT2D eigenvalue weighted by molar-refractivity contribution is 5.99. The van der Waals surface area contributed by atoms with E-state index in [1.807, 2.05) is 43.0 Å². The minimum atomic E-state index is -0.422. The third-order valence-electron chi connectivity index (χ3n) is 5.31. The van der Waals surface area contributed by atoms with Gasteiger partial charge < -0.3 is 25.3 Å². The van der Waals surface area contributed by atoms with Crippen LogP contribution in [0.15, 0.2) is 48.5 Å². The van der Waals surface area contributed by atoms with Crippen molar-refractivity contribution < 1.29 is 18.8 Å². The van der Waals surface area contributed by atoms with Crippen LogP contribution in [0.2, 0.25) is 0 Å². The number of hydrogen-bond donors (Lipinski definition) is 2. The van der Waals surface area contributed by atoms with Crippen molar-refractivity contribution in [2.24, 2.45) is 0 Å². The Labute approximate surface area is 193 Å². The molecule has 2 N–H and O–H groups in total. The maximum Gasteiger partial charge on any atom is 0.317 e. The number of rotatable bonds is 6. The van der Waals surface area contributed by atoms with Crippen LogP contribution in [0.25, 0.3) is 0 Å². The first-order chi connectivity index (χ1) is 15.7. The zero-order chi connectivity index (χ0) is 24.0. The van der Waals surface area contributed by atoms with Crippen LogP contribution in [-0.2, 0) is 4.79 Å². The summed E-state index contributed by atoms with van der Waals surface area (Å²) in [7, 11) is 1.52. The first kappa shape index (κ1) is 24.0. The maximum absolute atomic E-state index is 13.0. The van der Waals surface area contributed by atoms with Crippen molar-refractivity contribution in [3.63, 3.8) is 0 Å². The second-order valence-electron chi connectivity index (χ2n) is 8.34. The molecule has 1 aliphatic rings. The van der Waals surface area contributed by atoms with Gasteiger partial charge in [-0.15, -0.1) is 0 Å². The predicted molar refractivity (Wildman–Crippen MR) is 126 cm³/mol. The van der Waals surface area contributed by atoms with Crippen LogP contribution in [0, 0.1) is 5.82 Å². The van der Waals surface area contributed by atoms with Gasteiger partial charge in [-0.25, -0.2) is 9.18 Å². The van der Waals surface area contributed by atoms with E-state index in [1.165, 1.54) is 36.2 Å². The number of carbonyl (C=O) groups is 3. The Morgan fingerprint density at radius 2 is 1.58 bits per heavy atom. The Morgan fingerprint density at radius 3 is 2.15 bits per heavy atom. The Hall–Kier alpha value is -3.62. The van der Waals surface area contributed by atoms with Gasteiger partial charge >= 0.3 is 6.03 Å². The van der Waals surface area contributed by atoms with Crippen LogP contribution < -0.4 is 15.5 Å². The largest absolute Gasteiger partial charge is 0.368 e. The molecule has 0 aromatic heterocycles. The third-order valence-corrected chi connectivity index (χ3v) is 5.31. The summed E-state index contributed by atoms with van der Waals surface area (Å²) in [5, 5.41) is 5.70. The minimum absolute atomic E-state index is 0.0365. The average molecular weight is 456 g/mol. The molecule has 1 heterocycles. The molecule has 33 heavy (non-hydrogen) atoms. The van der Waals surface area contributed by atoms with Crippen molar-refractivity contribution >= 4 is 29.2 Å². The van der Waals surface area contributed by atoms with Gasteiger partial charge in [-0.1, -0.05) is 0 Å². The Balaban J connectivity index is 1.48. The van der Waals surface area contributed by atoms with Crippen LogP contribution in [0.5, 0.6) is 0 Å². The number of urea groups is 1. The number of nitrogens with zero attached hydrogens (tertiary/aromatic N) is 3. The zero-order valence-corrected chi connectivity index (χ0v) is 19.2. The SMILES string of the molecule is CC(C)NC(=O)N1CCN(c2ccc(NC(=O)CN(C)C(=O)c3ccc(F)cc3)cc2)CC1. The van der Waals surface area contributed by atoms with E-state index in [4.69, 9.17) is 0 Å². The fourth-order valence-electron chi connectivity index (χ4n) is 3.56. The van der Waals surface area contributed by atoms with E-state index in [-0.39, 0.29) is 30.4 Å². The molecule has 1 aliphatic heterocycles. The molecule has 1 saturated heterocycles. The van der Waals surface area contributed by atoms with Crippen LogP contribution in [0.1, 0.15) is 24.2 Å². The summed E-state index contributed by atoms with van der Waals surface area (Å²) in [6.45, 7) is 6.50. The lowest BCUT2D eigenvalue weighted by Gasteiger charge is -2.36. The number of halogens is 1. The molecule has 176 valence electrons. The average Bonchev–Trinajstić information content (AvgIpc) is 2.79. The van der Waals surface area contributed by atoms with Gasteiger partial charge in [0.05, 0.1) is 6.54 Å². The normalized spacial score (nSPS) is 13.6. The number of piperazine rings is 1. The van der Waals surface area contributed by atoms with Gasteiger partial charge in [-0.3, -0.25) is 9.59 Å². The number of hydrogen-bond acceptors (Lipinski definition) is 4. The standard InChI is InChI=1S/C24H30FN5O3/c1-17(2)26-24(33)30-14-12-29(13-15-30)21-10-8-20(9-11-21)27-22(31)16-28(3)23(32)18-4-6-19(25)7-5-18/h4-11,17H,12-16H2,1-3H3,(H,26,33)(H,27,31). The van der Waals surface area contributed by atoms with E-state index in [1.54, 1.807) is 0 Å². The Bertz CT molecular complexity index is 971. The second-order valence-corrected chi connectivity index (χ2v) is 8.34. The van der Waals surface area contributed by atoms with Crippen molar-refractivity contribution in [1.29, 1.82) is 0 Å². The zero-order valence-electron chi connectivity index (χ0n) is 19.2. The molecule has 0 bridgehead atoms.